The molecule has 0 aromatic rings. The molecule has 0 aromatic carbocycles. The average Bonchev–Trinajstić information content (AvgIpc) is 2.16. The van der Waals surface area contributed by atoms with Gasteiger partial charge in [0.05, 0.1) is 6.61 Å². The molecule has 96 valence electrons. The van der Waals surface area contributed by atoms with Crippen LogP contribution < -0.4 is 5.09 Å². The zero-order valence-electron chi connectivity index (χ0n) is 10.6. The molecule has 0 amide bonds. The largest absolute Gasteiger partial charge is 0.465 e. The van der Waals surface area contributed by atoms with E-state index in [1.807, 2.05) is 13.8 Å². The van der Waals surface area contributed by atoms with E-state index in [9.17, 15) is 9.36 Å². The average molecular weight is 267 g/mol. The minimum atomic E-state index is -2.53. The standard InChI is InChI=1S/C10H22NO3PS/c1-6-8(3)16-15(5,13)11-9(4)10(12)14-7-2/h8-9H,6-7H2,1-5H3,(H,11,13). The Kier molecular flexibility index (Phi) is 7.36. The van der Waals surface area contributed by atoms with Gasteiger partial charge >= 0.3 is 5.97 Å². The summed E-state index contributed by atoms with van der Waals surface area (Å²) in [6, 6.07) is -0.521. The first-order chi connectivity index (χ1) is 7.32. The Morgan fingerprint density at radius 3 is 2.44 bits per heavy atom. The topological polar surface area (TPSA) is 55.4 Å². The Balaban J connectivity index is 4.24. The normalized spacial score (nSPS) is 18.6. The van der Waals surface area contributed by atoms with Gasteiger partial charge in [-0.05, 0) is 20.3 Å². The van der Waals surface area contributed by atoms with Crippen molar-refractivity contribution in [3.05, 3.63) is 0 Å². The quantitative estimate of drug-likeness (QED) is 0.568. The highest BCUT2D eigenvalue weighted by Crippen LogP contribution is 2.54. The summed E-state index contributed by atoms with van der Waals surface area (Å²) >= 11 is 1.40. The van der Waals surface area contributed by atoms with Gasteiger partial charge in [0.15, 0.2) is 6.49 Å². The number of rotatable bonds is 7. The summed E-state index contributed by atoms with van der Waals surface area (Å²) in [6.07, 6.45) is 0.956. The van der Waals surface area contributed by atoms with Crippen LogP contribution in [0.25, 0.3) is 0 Å². The molecule has 1 N–H and O–H groups in total. The van der Waals surface area contributed by atoms with Crippen LogP contribution in [0.2, 0.25) is 0 Å². The fraction of sp³-hybridized carbons (Fsp3) is 0.900. The molecule has 4 nitrogen and oxygen atoms in total. The summed E-state index contributed by atoms with van der Waals surface area (Å²) in [6.45, 7) is 6.96. The highest BCUT2D eigenvalue weighted by Gasteiger charge is 2.25. The summed E-state index contributed by atoms with van der Waals surface area (Å²) in [5.74, 6) is -0.352. The molecule has 16 heavy (non-hydrogen) atoms. The summed E-state index contributed by atoms with van der Waals surface area (Å²) < 4.78 is 17.0. The van der Waals surface area contributed by atoms with Crippen LogP contribution in [0.1, 0.15) is 34.1 Å². The number of hydrogen-bond acceptors (Lipinski definition) is 4. The van der Waals surface area contributed by atoms with E-state index in [2.05, 4.69) is 5.09 Å². The molecular weight excluding hydrogens is 245 g/mol. The molecule has 0 rings (SSSR count). The highest BCUT2D eigenvalue weighted by molar-refractivity contribution is 8.57. The van der Waals surface area contributed by atoms with E-state index >= 15 is 0 Å². The fourth-order valence-corrected chi connectivity index (χ4v) is 5.99. The predicted molar refractivity (Wildman–Crippen MR) is 70.1 cm³/mol. The number of carbonyl (C=O) groups excluding carboxylic acids is 1. The Hall–Kier alpha value is 0.01000. The summed E-state index contributed by atoms with van der Waals surface area (Å²) in [5.41, 5.74) is 0. The van der Waals surface area contributed by atoms with Crippen LogP contribution in [-0.2, 0) is 14.1 Å². The molecule has 3 atom stereocenters. The zero-order valence-corrected chi connectivity index (χ0v) is 12.4. The number of hydrogen-bond donors (Lipinski definition) is 1. The Labute approximate surface area is 102 Å². The Morgan fingerprint density at radius 2 is 2.00 bits per heavy atom. The van der Waals surface area contributed by atoms with Crippen molar-refractivity contribution < 1.29 is 14.1 Å². The van der Waals surface area contributed by atoms with Crippen LogP contribution in [0.4, 0.5) is 0 Å². The molecule has 0 aliphatic rings. The SMILES string of the molecule is CCOC(=O)C(C)NP(C)(=O)SC(C)CC. The lowest BCUT2D eigenvalue weighted by Gasteiger charge is -2.21. The lowest BCUT2D eigenvalue weighted by molar-refractivity contribution is -0.144. The number of carbonyl (C=O) groups is 1. The van der Waals surface area contributed by atoms with Crippen molar-refractivity contribution in [3.8, 4) is 0 Å². The van der Waals surface area contributed by atoms with Gasteiger partial charge in [-0.25, -0.2) is 5.09 Å². The van der Waals surface area contributed by atoms with Crippen molar-refractivity contribution >= 4 is 23.8 Å². The van der Waals surface area contributed by atoms with Crippen LogP contribution in [-0.4, -0.2) is 30.5 Å². The van der Waals surface area contributed by atoms with Crippen molar-refractivity contribution in [1.82, 2.24) is 5.09 Å². The van der Waals surface area contributed by atoms with Crippen molar-refractivity contribution in [2.45, 2.75) is 45.4 Å². The van der Waals surface area contributed by atoms with Gasteiger partial charge in [0.25, 0.3) is 0 Å². The second-order valence-corrected chi connectivity index (χ2v) is 9.46. The molecule has 0 spiro atoms. The fourth-order valence-electron chi connectivity index (χ4n) is 1.12. The highest BCUT2D eigenvalue weighted by atomic mass is 32.7. The van der Waals surface area contributed by atoms with Crippen LogP contribution in [0.3, 0.4) is 0 Å². The second kappa shape index (κ2) is 7.36. The van der Waals surface area contributed by atoms with Crippen LogP contribution in [0, 0.1) is 0 Å². The van der Waals surface area contributed by atoms with E-state index in [0.717, 1.165) is 6.42 Å². The van der Waals surface area contributed by atoms with Crippen molar-refractivity contribution in [1.29, 1.82) is 0 Å². The Morgan fingerprint density at radius 1 is 1.44 bits per heavy atom. The van der Waals surface area contributed by atoms with Crippen molar-refractivity contribution in [2.24, 2.45) is 0 Å². The number of nitrogens with one attached hydrogen (secondary N) is 1. The monoisotopic (exact) mass is 267 g/mol. The first kappa shape index (κ1) is 16.0. The summed E-state index contributed by atoms with van der Waals surface area (Å²) in [4.78, 5) is 11.4. The first-order valence-corrected chi connectivity index (χ1v) is 9.16. The van der Waals surface area contributed by atoms with Crippen LogP contribution >= 0.6 is 17.9 Å². The first-order valence-electron chi connectivity index (χ1n) is 5.52. The minimum absolute atomic E-state index is 0.317. The van der Waals surface area contributed by atoms with E-state index in [1.54, 1.807) is 20.5 Å². The maximum absolute atomic E-state index is 12.1. The summed E-state index contributed by atoms with van der Waals surface area (Å²) in [5, 5.41) is 3.17. The van der Waals surface area contributed by atoms with E-state index < -0.39 is 12.5 Å². The zero-order chi connectivity index (χ0) is 12.8. The molecule has 0 bridgehead atoms. The summed E-state index contributed by atoms with van der Waals surface area (Å²) in [7, 11) is 0. The van der Waals surface area contributed by atoms with Gasteiger partial charge in [-0.3, -0.25) is 9.36 Å². The third kappa shape index (κ3) is 6.56. The van der Waals surface area contributed by atoms with Crippen molar-refractivity contribution in [2.75, 3.05) is 13.3 Å². The van der Waals surface area contributed by atoms with Crippen LogP contribution in [0.15, 0.2) is 0 Å². The molecule has 0 heterocycles. The van der Waals surface area contributed by atoms with E-state index in [1.165, 1.54) is 11.4 Å². The van der Waals surface area contributed by atoms with E-state index in [-0.39, 0.29) is 5.97 Å². The molecule has 0 aliphatic carbocycles. The van der Waals surface area contributed by atoms with Gasteiger partial charge < -0.3 is 4.74 Å². The van der Waals surface area contributed by atoms with Gasteiger partial charge in [-0.1, -0.05) is 25.2 Å². The Bertz CT molecular complexity index is 273. The number of ether oxygens (including phenoxy) is 1. The second-order valence-electron chi connectivity index (χ2n) is 3.77. The molecule has 3 unspecified atom stereocenters. The third-order valence-corrected chi connectivity index (χ3v) is 6.58. The van der Waals surface area contributed by atoms with Gasteiger partial charge in [0.1, 0.15) is 6.04 Å². The maximum atomic E-state index is 12.1. The van der Waals surface area contributed by atoms with Crippen LogP contribution in [0.5, 0.6) is 0 Å². The van der Waals surface area contributed by atoms with Gasteiger partial charge in [-0.15, -0.1) is 0 Å². The van der Waals surface area contributed by atoms with Gasteiger partial charge in [0.2, 0.25) is 0 Å². The van der Waals surface area contributed by atoms with Crippen molar-refractivity contribution in [3.63, 3.8) is 0 Å². The molecule has 0 radical (unpaired) electrons. The maximum Gasteiger partial charge on any atom is 0.323 e. The molecule has 0 fully saturated rings. The number of esters is 1. The molecule has 0 saturated carbocycles. The van der Waals surface area contributed by atoms with Gasteiger partial charge in [0, 0.05) is 11.9 Å². The third-order valence-electron chi connectivity index (χ3n) is 2.02. The predicted octanol–water partition coefficient (Wildman–Crippen LogP) is 2.88. The van der Waals surface area contributed by atoms with Gasteiger partial charge in [-0.2, -0.15) is 0 Å². The molecule has 0 saturated heterocycles. The molecule has 0 aromatic heterocycles. The van der Waals surface area contributed by atoms with E-state index in [4.69, 9.17) is 4.74 Å². The lowest BCUT2D eigenvalue weighted by Crippen LogP contribution is -2.32. The van der Waals surface area contributed by atoms with E-state index in [0.29, 0.717) is 11.9 Å². The minimum Gasteiger partial charge on any atom is -0.465 e. The molecule has 0 aliphatic heterocycles. The molecular formula is C10H22NO3PS. The lowest BCUT2D eigenvalue weighted by atomic mass is 10.4. The molecule has 6 heteroatoms. The smallest absolute Gasteiger partial charge is 0.323 e.